The summed E-state index contributed by atoms with van der Waals surface area (Å²) < 4.78 is 87.3. The second-order valence-corrected chi connectivity index (χ2v) is 8.20. The van der Waals surface area contributed by atoms with Crippen LogP contribution in [-0.4, -0.2) is 29.0 Å². The van der Waals surface area contributed by atoms with Gasteiger partial charge in [-0.25, -0.2) is 4.68 Å². The van der Waals surface area contributed by atoms with Gasteiger partial charge in [-0.15, -0.1) is 0 Å². The molecule has 2 N–H and O–H groups in total. The normalized spacial score (nSPS) is 17.9. The zero-order valence-electron chi connectivity index (χ0n) is 17.8. The largest absolute Gasteiger partial charge is 0.497 e. The molecule has 186 valence electrons. The van der Waals surface area contributed by atoms with Crippen molar-refractivity contribution in [2.75, 3.05) is 17.7 Å². The molecule has 13 heteroatoms. The lowest BCUT2D eigenvalue weighted by Gasteiger charge is -2.33. The van der Waals surface area contributed by atoms with Gasteiger partial charge in [0.05, 0.1) is 24.4 Å². The van der Waals surface area contributed by atoms with Crippen molar-refractivity contribution in [3.05, 3.63) is 70.4 Å². The summed E-state index contributed by atoms with van der Waals surface area (Å²) in [5.74, 6) is -0.679. The Hall–Kier alpha value is -3.41. The van der Waals surface area contributed by atoms with Gasteiger partial charge in [0.15, 0.2) is 11.7 Å². The van der Waals surface area contributed by atoms with Crippen molar-refractivity contribution in [3.8, 4) is 5.75 Å². The smallest absolute Gasteiger partial charge is 0.418 e. The third-order valence-corrected chi connectivity index (χ3v) is 5.71. The lowest BCUT2D eigenvalue weighted by Crippen LogP contribution is -2.35. The van der Waals surface area contributed by atoms with Crippen LogP contribution in [0.1, 0.15) is 40.1 Å². The number of anilines is 2. The maximum absolute atomic E-state index is 13.9. The fraction of sp³-hybridized carbons (Fsp3) is 0.273. The minimum absolute atomic E-state index is 0.100. The van der Waals surface area contributed by atoms with Crippen LogP contribution in [0.4, 0.5) is 37.8 Å². The molecule has 0 saturated carbocycles. The van der Waals surface area contributed by atoms with Gasteiger partial charge in [-0.3, -0.25) is 4.79 Å². The van der Waals surface area contributed by atoms with Crippen molar-refractivity contribution >= 4 is 29.0 Å². The number of halogens is 7. The summed E-state index contributed by atoms with van der Waals surface area (Å²) in [7, 11) is 1.46. The first-order valence-electron chi connectivity index (χ1n) is 10.1. The van der Waals surface area contributed by atoms with E-state index in [9.17, 15) is 31.1 Å². The van der Waals surface area contributed by atoms with Gasteiger partial charge in [0.2, 0.25) is 0 Å². The topological polar surface area (TPSA) is 68.2 Å². The van der Waals surface area contributed by atoms with Crippen molar-refractivity contribution in [1.82, 2.24) is 9.78 Å². The number of amides is 1. The highest BCUT2D eigenvalue weighted by molar-refractivity contribution is 6.30. The molecule has 1 aliphatic rings. The van der Waals surface area contributed by atoms with Crippen molar-refractivity contribution in [2.45, 2.75) is 30.9 Å². The van der Waals surface area contributed by atoms with Crippen LogP contribution in [0.3, 0.4) is 0 Å². The fourth-order valence-corrected chi connectivity index (χ4v) is 3.96. The quantitative estimate of drug-likeness (QED) is 0.388. The van der Waals surface area contributed by atoms with E-state index >= 15 is 0 Å². The third-order valence-electron chi connectivity index (χ3n) is 5.48. The van der Waals surface area contributed by atoms with Crippen molar-refractivity contribution < 1.29 is 35.9 Å². The highest BCUT2D eigenvalue weighted by atomic mass is 35.5. The van der Waals surface area contributed by atoms with E-state index in [-0.39, 0.29) is 10.8 Å². The van der Waals surface area contributed by atoms with Gasteiger partial charge in [-0.1, -0.05) is 23.7 Å². The van der Waals surface area contributed by atoms with E-state index in [1.807, 2.05) is 0 Å². The molecular formula is C22H17ClF6N4O2. The average molecular weight is 519 g/mol. The summed E-state index contributed by atoms with van der Waals surface area (Å²) in [5, 5.41) is 8.53. The SMILES string of the molecule is COc1ccc([C@@H]2C[C@@H](C(F)(F)F)n3nc(C(=O)Nc4ccc(Cl)cc4C(F)(F)F)cc3N2)cc1. The number of benzene rings is 2. The minimum atomic E-state index is -4.82. The van der Waals surface area contributed by atoms with E-state index in [2.05, 4.69) is 15.7 Å². The van der Waals surface area contributed by atoms with Crippen LogP contribution in [0.5, 0.6) is 5.75 Å². The van der Waals surface area contributed by atoms with Gasteiger partial charge >= 0.3 is 12.4 Å². The van der Waals surface area contributed by atoms with Crippen LogP contribution in [0.25, 0.3) is 0 Å². The second-order valence-electron chi connectivity index (χ2n) is 7.76. The Morgan fingerprint density at radius 3 is 2.40 bits per heavy atom. The predicted molar refractivity (Wildman–Crippen MR) is 116 cm³/mol. The van der Waals surface area contributed by atoms with Crippen LogP contribution in [0.2, 0.25) is 5.02 Å². The van der Waals surface area contributed by atoms with Crippen molar-refractivity contribution in [3.63, 3.8) is 0 Å². The standard InChI is InChI=1S/C22H17ClF6N4O2/c1-35-13-5-2-11(3-6-13)16-9-18(22(27,28)29)33-19(30-16)10-17(32-33)20(34)31-15-7-4-12(23)8-14(15)21(24,25)26/h2-8,10,16,18,30H,9H2,1H3,(H,31,34)/t16-,18-/m0/s1. The number of alkyl halides is 6. The molecule has 2 atom stereocenters. The second kappa shape index (κ2) is 8.99. The van der Waals surface area contributed by atoms with E-state index < -0.39 is 53.7 Å². The van der Waals surface area contributed by atoms with E-state index in [0.717, 1.165) is 18.2 Å². The minimum Gasteiger partial charge on any atom is -0.497 e. The van der Waals surface area contributed by atoms with Crippen molar-refractivity contribution in [1.29, 1.82) is 0 Å². The number of carbonyl (C=O) groups excluding carboxylic acids is 1. The number of nitrogens with one attached hydrogen (secondary N) is 2. The highest BCUT2D eigenvalue weighted by Gasteiger charge is 2.47. The molecule has 1 aliphatic heterocycles. The van der Waals surface area contributed by atoms with Gasteiger partial charge in [0.1, 0.15) is 11.6 Å². The first-order valence-corrected chi connectivity index (χ1v) is 10.5. The monoisotopic (exact) mass is 518 g/mol. The molecular weight excluding hydrogens is 502 g/mol. The summed E-state index contributed by atoms with van der Waals surface area (Å²) in [6, 6.07) is 7.41. The molecule has 4 rings (SSSR count). The van der Waals surface area contributed by atoms with Crippen LogP contribution in [-0.2, 0) is 6.18 Å². The first-order chi connectivity index (χ1) is 16.4. The van der Waals surface area contributed by atoms with Crippen LogP contribution < -0.4 is 15.4 Å². The molecule has 0 fully saturated rings. The Bertz CT molecular complexity index is 1240. The summed E-state index contributed by atoms with van der Waals surface area (Å²) in [4.78, 5) is 12.7. The molecule has 35 heavy (non-hydrogen) atoms. The summed E-state index contributed by atoms with van der Waals surface area (Å²) in [6.45, 7) is 0. The molecule has 0 unspecified atom stereocenters. The van der Waals surface area contributed by atoms with Gasteiger partial charge in [-0.05, 0) is 35.9 Å². The Kier molecular flexibility index (Phi) is 6.34. The molecule has 0 bridgehead atoms. The van der Waals surface area contributed by atoms with Crippen LogP contribution in [0, 0.1) is 0 Å². The number of nitrogens with zero attached hydrogens (tertiary/aromatic N) is 2. The number of hydrogen-bond donors (Lipinski definition) is 2. The molecule has 0 spiro atoms. The first kappa shape index (κ1) is 24.7. The molecule has 3 aromatic rings. The van der Waals surface area contributed by atoms with Gasteiger partial charge in [0, 0.05) is 17.5 Å². The Morgan fingerprint density at radius 1 is 1.11 bits per heavy atom. The van der Waals surface area contributed by atoms with E-state index in [4.69, 9.17) is 16.3 Å². The molecule has 2 aromatic carbocycles. The Morgan fingerprint density at radius 2 is 1.80 bits per heavy atom. The molecule has 1 amide bonds. The van der Waals surface area contributed by atoms with E-state index in [0.29, 0.717) is 22.1 Å². The lowest BCUT2D eigenvalue weighted by molar-refractivity contribution is -0.173. The maximum atomic E-state index is 13.9. The van der Waals surface area contributed by atoms with Gasteiger partial charge in [0.25, 0.3) is 5.91 Å². The number of aromatic nitrogens is 2. The summed E-state index contributed by atoms with van der Waals surface area (Å²) >= 11 is 5.63. The number of ether oxygens (including phenoxy) is 1. The third kappa shape index (κ3) is 5.16. The summed E-state index contributed by atoms with van der Waals surface area (Å²) in [6.07, 6.45) is -9.93. The Balaban J connectivity index is 1.65. The number of methoxy groups -OCH3 is 1. The van der Waals surface area contributed by atoms with Gasteiger partial charge in [-0.2, -0.15) is 31.4 Å². The molecule has 1 aromatic heterocycles. The molecule has 6 nitrogen and oxygen atoms in total. The highest BCUT2D eigenvalue weighted by Crippen LogP contribution is 2.44. The van der Waals surface area contributed by atoms with Crippen LogP contribution in [0.15, 0.2) is 48.5 Å². The molecule has 0 saturated heterocycles. The zero-order valence-corrected chi connectivity index (χ0v) is 18.6. The molecule has 2 heterocycles. The number of rotatable bonds is 4. The number of fused-ring (bicyclic) bond motifs is 1. The van der Waals surface area contributed by atoms with Gasteiger partial charge < -0.3 is 15.4 Å². The lowest BCUT2D eigenvalue weighted by atomic mass is 9.97. The fourth-order valence-electron chi connectivity index (χ4n) is 3.79. The average Bonchev–Trinajstić information content (AvgIpc) is 3.22. The Labute approximate surface area is 199 Å². The maximum Gasteiger partial charge on any atom is 0.418 e. The molecule has 0 radical (unpaired) electrons. The van der Waals surface area contributed by atoms with Crippen LogP contribution >= 0.6 is 11.6 Å². The number of hydrogen-bond acceptors (Lipinski definition) is 4. The van der Waals surface area contributed by atoms with Crippen molar-refractivity contribution in [2.24, 2.45) is 0 Å². The number of carbonyl (C=O) groups is 1. The van der Waals surface area contributed by atoms with E-state index in [1.165, 1.54) is 7.11 Å². The summed E-state index contributed by atoms with van der Waals surface area (Å²) in [5.41, 5.74) is -1.74. The zero-order chi connectivity index (χ0) is 25.5. The van der Waals surface area contributed by atoms with E-state index in [1.54, 1.807) is 24.3 Å². The molecule has 0 aliphatic carbocycles. The predicted octanol–water partition coefficient (Wildman–Crippen LogP) is 6.48.